The standard InChI is InChI=1S/C18H26BrNO/c1-13-6-3-2-4-7-16(13)20-17-8-5-11-21-18-12-14(19)9-10-15(17)18/h9-10,12-13,16-17,20H,2-8,11H2,1H3. The molecule has 3 rings (SSSR count). The molecule has 0 saturated heterocycles. The van der Waals surface area contributed by atoms with Gasteiger partial charge in [0.15, 0.2) is 0 Å². The number of hydrogen-bond donors (Lipinski definition) is 1. The smallest absolute Gasteiger partial charge is 0.125 e. The van der Waals surface area contributed by atoms with Crippen LogP contribution in [0.15, 0.2) is 22.7 Å². The van der Waals surface area contributed by atoms with Crippen LogP contribution in [0.25, 0.3) is 0 Å². The minimum absolute atomic E-state index is 0.446. The molecule has 1 fully saturated rings. The number of ether oxygens (including phenoxy) is 1. The van der Waals surface area contributed by atoms with Crippen LogP contribution in [0.3, 0.4) is 0 Å². The minimum Gasteiger partial charge on any atom is -0.493 e. The first-order valence-electron chi connectivity index (χ1n) is 8.42. The summed E-state index contributed by atoms with van der Waals surface area (Å²) in [6.45, 7) is 3.25. The number of benzene rings is 1. The summed E-state index contributed by atoms with van der Waals surface area (Å²) in [5.41, 5.74) is 1.34. The van der Waals surface area contributed by atoms with E-state index in [2.05, 4.69) is 46.4 Å². The van der Waals surface area contributed by atoms with E-state index in [-0.39, 0.29) is 0 Å². The molecule has 0 bridgehead atoms. The van der Waals surface area contributed by atoms with Crippen LogP contribution in [0, 0.1) is 5.92 Å². The van der Waals surface area contributed by atoms with Crippen molar-refractivity contribution in [3.63, 3.8) is 0 Å². The lowest BCUT2D eigenvalue weighted by atomic mass is 9.93. The Kier molecular flexibility index (Phi) is 5.23. The van der Waals surface area contributed by atoms with Gasteiger partial charge < -0.3 is 10.1 Å². The van der Waals surface area contributed by atoms with Gasteiger partial charge in [-0.1, -0.05) is 48.2 Å². The van der Waals surface area contributed by atoms with Crippen LogP contribution in [-0.2, 0) is 0 Å². The van der Waals surface area contributed by atoms with Crippen molar-refractivity contribution in [1.82, 2.24) is 5.32 Å². The van der Waals surface area contributed by atoms with Gasteiger partial charge in [0.1, 0.15) is 5.75 Å². The van der Waals surface area contributed by atoms with E-state index in [4.69, 9.17) is 4.74 Å². The van der Waals surface area contributed by atoms with Gasteiger partial charge in [-0.3, -0.25) is 0 Å². The molecule has 116 valence electrons. The summed E-state index contributed by atoms with van der Waals surface area (Å²) in [4.78, 5) is 0. The lowest BCUT2D eigenvalue weighted by molar-refractivity contribution is 0.302. The maximum atomic E-state index is 5.93. The molecule has 3 heteroatoms. The van der Waals surface area contributed by atoms with Crippen LogP contribution in [-0.4, -0.2) is 12.6 Å². The molecular weight excluding hydrogens is 326 g/mol. The molecule has 0 spiro atoms. The Hall–Kier alpha value is -0.540. The maximum absolute atomic E-state index is 5.93. The van der Waals surface area contributed by atoms with Crippen molar-refractivity contribution in [3.8, 4) is 5.75 Å². The number of hydrogen-bond acceptors (Lipinski definition) is 2. The Morgan fingerprint density at radius 3 is 2.86 bits per heavy atom. The Bertz CT molecular complexity index is 476. The molecule has 1 heterocycles. The van der Waals surface area contributed by atoms with Gasteiger partial charge in [0.05, 0.1) is 6.61 Å². The summed E-state index contributed by atoms with van der Waals surface area (Å²) in [5.74, 6) is 1.84. The van der Waals surface area contributed by atoms with E-state index in [0.717, 1.165) is 29.2 Å². The predicted molar refractivity (Wildman–Crippen MR) is 90.8 cm³/mol. The highest BCUT2D eigenvalue weighted by molar-refractivity contribution is 9.10. The van der Waals surface area contributed by atoms with Crippen LogP contribution < -0.4 is 10.1 Å². The molecule has 0 aromatic heterocycles. The third kappa shape index (κ3) is 3.81. The second kappa shape index (κ2) is 7.15. The molecule has 3 atom stereocenters. The first-order chi connectivity index (χ1) is 10.2. The SMILES string of the molecule is CC1CCCCCC1NC1CCCOc2cc(Br)ccc21. The van der Waals surface area contributed by atoms with Crippen molar-refractivity contribution in [2.24, 2.45) is 5.92 Å². The van der Waals surface area contributed by atoms with Crippen molar-refractivity contribution in [1.29, 1.82) is 0 Å². The van der Waals surface area contributed by atoms with Gasteiger partial charge in [-0.15, -0.1) is 0 Å². The monoisotopic (exact) mass is 351 g/mol. The van der Waals surface area contributed by atoms with Gasteiger partial charge in [-0.05, 0) is 43.7 Å². The van der Waals surface area contributed by atoms with Crippen molar-refractivity contribution >= 4 is 15.9 Å². The summed E-state index contributed by atoms with van der Waals surface area (Å²) >= 11 is 3.55. The number of fused-ring (bicyclic) bond motifs is 1. The lowest BCUT2D eigenvalue weighted by Gasteiger charge is -2.29. The molecule has 2 aliphatic rings. The molecule has 1 aromatic carbocycles. The zero-order valence-corrected chi connectivity index (χ0v) is 14.5. The fourth-order valence-electron chi connectivity index (χ4n) is 3.72. The summed E-state index contributed by atoms with van der Waals surface area (Å²) in [6.07, 6.45) is 9.18. The summed E-state index contributed by atoms with van der Waals surface area (Å²) in [5, 5.41) is 3.97. The number of nitrogens with one attached hydrogen (secondary N) is 1. The summed E-state index contributed by atoms with van der Waals surface area (Å²) in [7, 11) is 0. The van der Waals surface area contributed by atoms with Crippen LogP contribution in [0.1, 0.15) is 63.5 Å². The Balaban J connectivity index is 1.78. The normalized spacial score (nSPS) is 29.9. The van der Waals surface area contributed by atoms with Gasteiger partial charge in [-0.25, -0.2) is 0 Å². The van der Waals surface area contributed by atoms with Crippen molar-refractivity contribution in [2.45, 2.75) is 64.0 Å². The molecule has 1 N–H and O–H groups in total. The van der Waals surface area contributed by atoms with Crippen LogP contribution in [0.2, 0.25) is 0 Å². The fraction of sp³-hybridized carbons (Fsp3) is 0.667. The van der Waals surface area contributed by atoms with Crippen molar-refractivity contribution in [3.05, 3.63) is 28.2 Å². The molecule has 0 radical (unpaired) electrons. The highest BCUT2D eigenvalue weighted by atomic mass is 79.9. The third-order valence-corrected chi connectivity index (χ3v) is 5.52. The second-order valence-corrected chi connectivity index (χ2v) is 7.53. The summed E-state index contributed by atoms with van der Waals surface area (Å²) in [6, 6.07) is 7.59. The first-order valence-corrected chi connectivity index (χ1v) is 9.21. The van der Waals surface area contributed by atoms with Crippen molar-refractivity contribution < 1.29 is 4.74 Å². The maximum Gasteiger partial charge on any atom is 0.125 e. The van der Waals surface area contributed by atoms with E-state index in [1.54, 1.807) is 0 Å². The average Bonchev–Trinajstić information content (AvgIpc) is 2.79. The van der Waals surface area contributed by atoms with E-state index < -0.39 is 0 Å². The minimum atomic E-state index is 0.446. The van der Waals surface area contributed by atoms with Crippen LogP contribution in [0.5, 0.6) is 5.75 Å². The van der Waals surface area contributed by atoms with E-state index in [9.17, 15) is 0 Å². The molecule has 0 amide bonds. The predicted octanol–water partition coefficient (Wildman–Crippen LogP) is 5.22. The lowest BCUT2D eigenvalue weighted by Crippen LogP contribution is -2.37. The van der Waals surface area contributed by atoms with Gasteiger partial charge in [0, 0.05) is 22.1 Å². The molecule has 1 aliphatic heterocycles. The van der Waals surface area contributed by atoms with Crippen LogP contribution >= 0.6 is 15.9 Å². The van der Waals surface area contributed by atoms with Gasteiger partial charge >= 0.3 is 0 Å². The quantitative estimate of drug-likeness (QED) is 0.737. The van der Waals surface area contributed by atoms with Crippen molar-refractivity contribution in [2.75, 3.05) is 6.61 Å². The highest BCUT2D eigenvalue weighted by Crippen LogP contribution is 2.35. The first kappa shape index (κ1) is 15.4. The van der Waals surface area contributed by atoms with Gasteiger partial charge in [0.25, 0.3) is 0 Å². The zero-order valence-electron chi connectivity index (χ0n) is 12.9. The topological polar surface area (TPSA) is 21.3 Å². The fourth-order valence-corrected chi connectivity index (χ4v) is 4.06. The highest BCUT2D eigenvalue weighted by Gasteiger charge is 2.26. The molecular formula is C18H26BrNO. The molecule has 1 aromatic rings. The largest absolute Gasteiger partial charge is 0.493 e. The molecule has 21 heavy (non-hydrogen) atoms. The molecule has 2 nitrogen and oxygen atoms in total. The second-order valence-electron chi connectivity index (χ2n) is 6.61. The third-order valence-electron chi connectivity index (χ3n) is 5.02. The van der Waals surface area contributed by atoms with Crippen LogP contribution in [0.4, 0.5) is 0 Å². The Labute approximate surface area is 136 Å². The van der Waals surface area contributed by atoms with E-state index in [1.807, 2.05) is 0 Å². The molecule has 3 unspecified atom stereocenters. The average molecular weight is 352 g/mol. The Morgan fingerprint density at radius 2 is 1.95 bits per heavy atom. The van der Waals surface area contributed by atoms with E-state index >= 15 is 0 Å². The van der Waals surface area contributed by atoms with Gasteiger partial charge in [-0.2, -0.15) is 0 Å². The van der Waals surface area contributed by atoms with E-state index in [1.165, 1.54) is 44.1 Å². The number of rotatable bonds is 2. The van der Waals surface area contributed by atoms with Gasteiger partial charge in [0.2, 0.25) is 0 Å². The zero-order chi connectivity index (χ0) is 14.7. The van der Waals surface area contributed by atoms with E-state index in [0.29, 0.717) is 12.1 Å². The Morgan fingerprint density at radius 1 is 1.10 bits per heavy atom. The summed E-state index contributed by atoms with van der Waals surface area (Å²) < 4.78 is 7.03. The molecule has 1 aliphatic carbocycles. The number of halogens is 1. The molecule has 1 saturated carbocycles.